The van der Waals surface area contributed by atoms with Gasteiger partial charge in [-0.3, -0.25) is 14.8 Å². The van der Waals surface area contributed by atoms with E-state index in [0.717, 1.165) is 48.1 Å². The molecule has 5 heteroatoms. The number of nitrogens with one attached hydrogen (secondary N) is 1. The highest BCUT2D eigenvalue weighted by Crippen LogP contribution is 2.56. The summed E-state index contributed by atoms with van der Waals surface area (Å²) in [4.78, 5) is 22.4. The number of aliphatic hydroxyl groups excluding tert-OH is 1. The van der Waals surface area contributed by atoms with Crippen molar-refractivity contribution in [3.63, 3.8) is 0 Å². The lowest BCUT2D eigenvalue weighted by atomic mass is 9.53. The van der Waals surface area contributed by atoms with Crippen LogP contribution in [0.4, 0.5) is 0 Å². The van der Waals surface area contributed by atoms with E-state index in [1.54, 1.807) is 24.8 Å². The number of rotatable bonds is 8. The highest BCUT2D eigenvalue weighted by molar-refractivity contribution is 5.84. The summed E-state index contributed by atoms with van der Waals surface area (Å²) < 4.78 is 0. The van der Waals surface area contributed by atoms with Crippen molar-refractivity contribution in [2.24, 2.45) is 23.2 Å². The Labute approximate surface area is 184 Å². The van der Waals surface area contributed by atoms with Crippen LogP contribution in [-0.2, 0) is 17.6 Å². The molecule has 0 aliphatic heterocycles. The summed E-state index contributed by atoms with van der Waals surface area (Å²) in [6.45, 7) is -0.00946. The lowest BCUT2D eigenvalue weighted by Crippen LogP contribution is -2.62. The van der Waals surface area contributed by atoms with E-state index in [4.69, 9.17) is 0 Å². The molecule has 2 aromatic rings. The van der Waals surface area contributed by atoms with Gasteiger partial charge in [0.1, 0.15) is 0 Å². The molecule has 4 saturated carbocycles. The van der Waals surface area contributed by atoms with Crippen LogP contribution in [0.2, 0.25) is 0 Å². The second-order valence-corrected chi connectivity index (χ2v) is 10.5. The van der Waals surface area contributed by atoms with Gasteiger partial charge in [0.25, 0.3) is 0 Å². The molecule has 6 rings (SSSR count). The molecular weight excluding hydrogens is 386 g/mol. The van der Waals surface area contributed by atoms with Crippen molar-refractivity contribution in [3.05, 3.63) is 60.2 Å². The molecule has 4 bridgehead atoms. The van der Waals surface area contributed by atoms with E-state index in [2.05, 4.69) is 15.3 Å². The molecule has 0 aromatic carbocycles. The molecule has 2 aromatic heterocycles. The molecule has 0 radical (unpaired) electrons. The Balaban J connectivity index is 1.45. The van der Waals surface area contributed by atoms with E-state index >= 15 is 0 Å². The number of aliphatic hydroxyl groups is 1. The van der Waals surface area contributed by atoms with Crippen LogP contribution in [0.5, 0.6) is 0 Å². The van der Waals surface area contributed by atoms with Crippen molar-refractivity contribution < 1.29 is 9.90 Å². The number of pyridine rings is 2. The lowest BCUT2D eigenvalue weighted by molar-refractivity contribution is -0.138. The maximum absolute atomic E-state index is 14.1. The predicted octanol–water partition coefficient (Wildman–Crippen LogP) is 3.72. The van der Waals surface area contributed by atoms with Crippen LogP contribution in [0.3, 0.4) is 0 Å². The molecule has 5 nitrogen and oxygen atoms in total. The third-order valence-electron chi connectivity index (χ3n) is 8.07. The zero-order chi connectivity index (χ0) is 21.3. The van der Waals surface area contributed by atoms with Crippen LogP contribution < -0.4 is 5.32 Å². The zero-order valence-electron chi connectivity index (χ0n) is 18.2. The summed E-state index contributed by atoms with van der Waals surface area (Å²) >= 11 is 0. The molecule has 4 aliphatic carbocycles. The Morgan fingerprint density at radius 3 is 1.77 bits per heavy atom. The van der Waals surface area contributed by atoms with E-state index in [0.29, 0.717) is 19.3 Å². The van der Waals surface area contributed by atoms with Gasteiger partial charge in [-0.1, -0.05) is 0 Å². The average molecular weight is 420 g/mol. The van der Waals surface area contributed by atoms with Crippen molar-refractivity contribution in [2.45, 2.75) is 63.3 Å². The quantitative estimate of drug-likeness (QED) is 0.684. The predicted molar refractivity (Wildman–Crippen MR) is 119 cm³/mol. The number of hydrogen-bond acceptors (Lipinski definition) is 4. The van der Waals surface area contributed by atoms with Crippen LogP contribution in [0.1, 0.15) is 56.1 Å². The third kappa shape index (κ3) is 4.25. The van der Waals surface area contributed by atoms with Crippen LogP contribution in [0.25, 0.3) is 0 Å². The number of hydrogen-bond donors (Lipinski definition) is 2. The first kappa shape index (κ1) is 20.6. The molecule has 1 amide bonds. The lowest BCUT2D eigenvalue weighted by Gasteiger charge is -2.57. The highest BCUT2D eigenvalue weighted by atomic mass is 16.3. The number of nitrogens with zero attached hydrogens (tertiary/aromatic N) is 2. The standard InChI is InChI=1S/C26H33N3O2/c30-10-5-25(14-19-1-6-27-7-2-19,15-20-3-8-28-9-4-20)24(31)29-26-16-21-11-22(17-26)13-23(12-21)18-26/h1-4,6-9,21-23,30H,5,10-18H2,(H,29,31). The van der Waals surface area contributed by atoms with Gasteiger partial charge in [-0.15, -0.1) is 0 Å². The largest absolute Gasteiger partial charge is 0.396 e. The first-order valence-corrected chi connectivity index (χ1v) is 11.8. The summed E-state index contributed by atoms with van der Waals surface area (Å²) in [5.41, 5.74) is 1.43. The molecule has 0 atom stereocenters. The minimum absolute atomic E-state index is 0.00946. The molecular formula is C26H33N3O2. The molecule has 2 heterocycles. The second-order valence-electron chi connectivity index (χ2n) is 10.5. The van der Waals surface area contributed by atoms with Gasteiger partial charge in [-0.2, -0.15) is 0 Å². The van der Waals surface area contributed by atoms with Crippen LogP contribution in [-0.4, -0.2) is 33.1 Å². The molecule has 4 fully saturated rings. The summed E-state index contributed by atoms with van der Waals surface area (Å²) in [6, 6.07) is 7.93. The van der Waals surface area contributed by atoms with E-state index in [-0.39, 0.29) is 18.1 Å². The summed E-state index contributed by atoms with van der Waals surface area (Å²) in [6.07, 6.45) is 16.2. The van der Waals surface area contributed by atoms with Gasteiger partial charge >= 0.3 is 0 Å². The summed E-state index contributed by atoms with van der Waals surface area (Å²) in [5, 5.41) is 13.6. The monoisotopic (exact) mass is 419 g/mol. The van der Waals surface area contributed by atoms with Crippen molar-refractivity contribution in [2.75, 3.05) is 6.61 Å². The minimum atomic E-state index is -0.694. The zero-order valence-corrected chi connectivity index (χ0v) is 18.2. The summed E-state index contributed by atoms with van der Waals surface area (Å²) in [5.74, 6) is 2.44. The number of aromatic nitrogens is 2. The number of carbonyl (C=O) groups excluding carboxylic acids is 1. The van der Waals surface area contributed by atoms with Crippen molar-refractivity contribution in [1.82, 2.24) is 15.3 Å². The molecule has 0 spiro atoms. The first-order chi connectivity index (χ1) is 15.1. The second kappa shape index (κ2) is 8.34. The van der Waals surface area contributed by atoms with E-state index in [9.17, 15) is 9.90 Å². The van der Waals surface area contributed by atoms with Gasteiger partial charge < -0.3 is 10.4 Å². The average Bonchev–Trinajstić information content (AvgIpc) is 2.74. The van der Waals surface area contributed by atoms with Crippen LogP contribution >= 0.6 is 0 Å². The smallest absolute Gasteiger partial charge is 0.227 e. The van der Waals surface area contributed by atoms with E-state index < -0.39 is 5.41 Å². The number of carbonyl (C=O) groups is 1. The van der Waals surface area contributed by atoms with Crippen molar-refractivity contribution >= 4 is 5.91 Å². The van der Waals surface area contributed by atoms with Gasteiger partial charge in [0, 0.05) is 36.9 Å². The first-order valence-electron chi connectivity index (χ1n) is 11.8. The molecule has 0 unspecified atom stereocenters. The molecule has 31 heavy (non-hydrogen) atoms. The Morgan fingerprint density at radius 1 is 0.903 bits per heavy atom. The number of amides is 1. The van der Waals surface area contributed by atoms with Gasteiger partial charge in [-0.05, 0) is 111 Å². The molecule has 164 valence electrons. The normalized spacial score (nSPS) is 29.1. The van der Waals surface area contributed by atoms with Crippen molar-refractivity contribution in [1.29, 1.82) is 0 Å². The molecule has 0 saturated heterocycles. The van der Waals surface area contributed by atoms with Gasteiger partial charge in [0.2, 0.25) is 5.91 Å². The van der Waals surface area contributed by atoms with Crippen LogP contribution in [0, 0.1) is 23.2 Å². The SMILES string of the molecule is O=C(NC12CC3CC(CC(C3)C1)C2)C(CCO)(Cc1ccncc1)Cc1ccncc1. The maximum Gasteiger partial charge on any atom is 0.227 e. The maximum atomic E-state index is 14.1. The Bertz CT molecular complexity index is 823. The van der Waals surface area contributed by atoms with Gasteiger partial charge in [0.15, 0.2) is 0 Å². The minimum Gasteiger partial charge on any atom is -0.396 e. The van der Waals surface area contributed by atoms with Gasteiger partial charge in [-0.25, -0.2) is 0 Å². The Kier molecular flexibility index (Phi) is 5.55. The van der Waals surface area contributed by atoms with E-state index in [1.165, 1.54) is 19.3 Å². The fourth-order valence-corrected chi connectivity index (χ4v) is 7.15. The molecule has 4 aliphatic rings. The molecule has 2 N–H and O–H groups in total. The summed E-state index contributed by atoms with van der Waals surface area (Å²) in [7, 11) is 0. The Morgan fingerprint density at radius 2 is 1.35 bits per heavy atom. The topological polar surface area (TPSA) is 75.1 Å². The third-order valence-corrected chi connectivity index (χ3v) is 8.07. The van der Waals surface area contributed by atoms with Gasteiger partial charge in [0.05, 0.1) is 5.41 Å². The van der Waals surface area contributed by atoms with Crippen LogP contribution in [0.15, 0.2) is 49.1 Å². The Hall–Kier alpha value is -2.27. The fourth-order valence-electron chi connectivity index (χ4n) is 7.15. The highest BCUT2D eigenvalue weighted by Gasteiger charge is 2.53. The van der Waals surface area contributed by atoms with E-state index in [1.807, 2.05) is 24.3 Å². The fraction of sp³-hybridized carbons (Fsp3) is 0.577. The van der Waals surface area contributed by atoms with Crippen molar-refractivity contribution in [3.8, 4) is 0 Å².